The maximum absolute atomic E-state index is 14.8. The molecule has 8 nitrogen and oxygen atoms in total. The highest BCUT2D eigenvalue weighted by atomic mass is 19.1. The number of hydrogen-bond acceptors (Lipinski definition) is 7. The minimum Gasteiger partial charge on any atom is -0.309 e. The Labute approximate surface area is 204 Å². The van der Waals surface area contributed by atoms with Crippen molar-refractivity contribution in [2.75, 3.05) is 39.0 Å². The van der Waals surface area contributed by atoms with Gasteiger partial charge in [0.2, 0.25) is 5.95 Å². The molecule has 4 aromatic heterocycles. The fourth-order valence-corrected chi connectivity index (χ4v) is 4.42. The molecule has 0 bridgehead atoms. The largest absolute Gasteiger partial charge is 0.309 e. The fourth-order valence-electron chi connectivity index (χ4n) is 4.42. The first-order valence-corrected chi connectivity index (χ1v) is 12.0. The number of pyridine rings is 2. The number of aromatic nitrogens is 5. The molecule has 1 aliphatic rings. The van der Waals surface area contributed by atoms with Gasteiger partial charge in [0.15, 0.2) is 5.82 Å². The van der Waals surface area contributed by atoms with Gasteiger partial charge in [0.05, 0.1) is 23.7 Å². The topological polar surface area (TPSA) is 74.5 Å². The van der Waals surface area contributed by atoms with E-state index in [-0.39, 0.29) is 11.6 Å². The minimum absolute atomic E-state index is 0.246. The average molecular weight is 475 g/mol. The van der Waals surface area contributed by atoms with Crippen LogP contribution in [0.25, 0.3) is 16.8 Å². The lowest BCUT2D eigenvalue weighted by Crippen LogP contribution is -2.36. The number of imidazole rings is 1. The van der Waals surface area contributed by atoms with E-state index in [2.05, 4.69) is 64.1 Å². The van der Waals surface area contributed by atoms with Crippen LogP contribution in [0.1, 0.15) is 36.7 Å². The zero-order chi connectivity index (χ0) is 24.5. The van der Waals surface area contributed by atoms with Crippen molar-refractivity contribution in [2.24, 2.45) is 0 Å². The lowest BCUT2D eigenvalue weighted by Gasteiger charge is -2.29. The Hall–Kier alpha value is -3.43. The summed E-state index contributed by atoms with van der Waals surface area (Å²) >= 11 is 0. The monoisotopic (exact) mass is 474 g/mol. The van der Waals surface area contributed by atoms with Crippen molar-refractivity contribution in [1.82, 2.24) is 34.1 Å². The van der Waals surface area contributed by atoms with Gasteiger partial charge in [0.25, 0.3) is 0 Å². The molecule has 0 aliphatic carbocycles. The fraction of sp³-hybridized carbons (Fsp3) is 0.385. The molecule has 35 heavy (non-hydrogen) atoms. The molecule has 9 heteroatoms. The molecule has 1 aliphatic heterocycles. The van der Waals surface area contributed by atoms with Crippen LogP contribution < -0.4 is 5.32 Å². The highest BCUT2D eigenvalue weighted by Crippen LogP contribution is 2.27. The van der Waals surface area contributed by atoms with Crippen molar-refractivity contribution in [1.29, 1.82) is 0 Å². The van der Waals surface area contributed by atoms with Gasteiger partial charge < -0.3 is 14.6 Å². The summed E-state index contributed by atoms with van der Waals surface area (Å²) in [6.45, 7) is 8.17. The van der Waals surface area contributed by atoms with E-state index in [0.717, 1.165) is 49.5 Å². The second-order valence-electron chi connectivity index (χ2n) is 9.64. The van der Waals surface area contributed by atoms with Gasteiger partial charge >= 0.3 is 0 Å². The van der Waals surface area contributed by atoms with E-state index in [0.29, 0.717) is 17.3 Å². The van der Waals surface area contributed by atoms with Crippen molar-refractivity contribution in [3.8, 4) is 11.3 Å². The third-order valence-corrected chi connectivity index (χ3v) is 6.36. The summed E-state index contributed by atoms with van der Waals surface area (Å²) in [6.07, 6.45) is 5.76. The van der Waals surface area contributed by atoms with Gasteiger partial charge in [-0.05, 0) is 43.8 Å². The lowest BCUT2D eigenvalue weighted by atomic mass is 10.1. The molecule has 5 heterocycles. The molecule has 5 rings (SSSR count). The number of fused-ring (bicyclic) bond motifs is 2. The Kier molecular flexibility index (Phi) is 6.44. The average Bonchev–Trinajstić information content (AvgIpc) is 3.27. The summed E-state index contributed by atoms with van der Waals surface area (Å²) in [4.78, 5) is 22.6. The zero-order valence-corrected chi connectivity index (χ0v) is 20.7. The van der Waals surface area contributed by atoms with E-state index in [1.165, 1.54) is 11.8 Å². The molecule has 0 aromatic carbocycles. The maximum atomic E-state index is 14.8. The normalized spacial score (nSPS) is 14.1. The molecule has 0 saturated heterocycles. The molecule has 0 fully saturated rings. The van der Waals surface area contributed by atoms with E-state index in [1.54, 1.807) is 6.33 Å². The third-order valence-electron chi connectivity index (χ3n) is 6.36. The summed E-state index contributed by atoms with van der Waals surface area (Å²) in [5.74, 6) is 0.769. The van der Waals surface area contributed by atoms with Crippen LogP contribution in [0, 0.1) is 5.82 Å². The van der Waals surface area contributed by atoms with Crippen LogP contribution in [0.2, 0.25) is 0 Å². The third kappa shape index (κ3) is 5.01. The summed E-state index contributed by atoms with van der Waals surface area (Å²) < 4.78 is 16.7. The molecule has 0 unspecified atom stereocenters. The van der Waals surface area contributed by atoms with Gasteiger partial charge in [-0.1, -0.05) is 19.9 Å². The first-order chi connectivity index (χ1) is 16.9. The summed E-state index contributed by atoms with van der Waals surface area (Å²) in [5.41, 5.74) is 5.18. The van der Waals surface area contributed by atoms with Crippen LogP contribution >= 0.6 is 0 Å². The Morgan fingerprint density at radius 1 is 1.14 bits per heavy atom. The van der Waals surface area contributed by atoms with E-state index in [1.807, 2.05) is 28.8 Å². The SMILES string of the molecule is CC(C)c1ncn2ccc(-c3nc(Nc4ccc5c(n4)CCN(CCN(C)C)C5)ncc3F)cc12. The summed E-state index contributed by atoms with van der Waals surface area (Å²) in [5, 5.41) is 3.17. The Morgan fingerprint density at radius 3 is 2.80 bits per heavy atom. The van der Waals surface area contributed by atoms with Crippen molar-refractivity contribution < 1.29 is 4.39 Å². The quantitative estimate of drug-likeness (QED) is 0.432. The molecule has 0 atom stereocenters. The second-order valence-corrected chi connectivity index (χ2v) is 9.64. The van der Waals surface area contributed by atoms with Crippen molar-refractivity contribution in [2.45, 2.75) is 32.7 Å². The zero-order valence-electron chi connectivity index (χ0n) is 20.7. The first-order valence-electron chi connectivity index (χ1n) is 12.0. The predicted molar refractivity (Wildman–Crippen MR) is 135 cm³/mol. The second kappa shape index (κ2) is 9.67. The Bertz CT molecular complexity index is 1350. The number of nitrogens with one attached hydrogen (secondary N) is 1. The molecule has 1 N–H and O–H groups in total. The van der Waals surface area contributed by atoms with Gasteiger partial charge in [0.1, 0.15) is 11.5 Å². The van der Waals surface area contributed by atoms with E-state index in [9.17, 15) is 4.39 Å². The molecule has 182 valence electrons. The predicted octanol–water partition coefficient (Wildman–Crippen LogP) is 4.11. The highest BCUT2D eigenvalue weighted by molar-refractivity contribution is 5.69. The van der Waals surface area contributed by atoms with Gasteiger partial charge in [-0.3, -0.25) is 4.90 Å². The van der Waals surface area contributed by atoms with Crippen LogP contribution in [-0.4, -0.2) is 67.9 Å². The maximum Gasteiger partial charge on any atom is 0.229 e. The van der Waals surface area contributed by atoms with Gasteiger partial charge in [-0.2, -0.15) is 0 Å². The van der Waals surface area contributed by atoms with Crippen LogP contribution in [0.5, 0.6) is 0 Å². The lowest BCUT2D eigenvalue weighted by molar-refractivity contribution is 0.224. The van der Waals surface area contributed by atoms with Crippen LogP contribution in [0.15, 0.2) is 43.0 Å². The summed E-state index contributed by atoms with van der Waals surface area (Å²) in [7, 11) is 4.19. The van der Waals surface area contributed by atoms with Crippen molar-refractivity contribution in [3.05, 3.63) is 65.8 Å². The molecular weight excluding hydrogens is 443 g/mol. The number of likely N-dealkylation sites (N-methyl/N-ethyl adjacent to an activating group) is 1. The molecule has 0 radical (unpaired) electrons. The molecular formula is C26H31FN8. The molecule has 0 spiro atoms. The number of rotatable bonds is 7. The smallest absolute Gasteiger partial charge is 0.229 e. The Balaban J connectivity index is 1.36. The molecule has 4 aromatic rings. The van der Waals surface area contributed by atoms with E-state index >= 15 is 0 Å². The number of halogens is 1. The Morgan fingerprint density at radius 2 is 2.00 bits per heavy atom. The van der Waals surface area contributed by atoms with Gasteiger partial charge in [0, 0.05) is 50.1 Å². The number of anilines is 2. The van der Waals surface area contributed by atoms with E-state index < -0.39 is 5.82 Å². The van der Waals surface area contributed by atoms with Crippen LogP contribution in [-0.2, 0) is 13.0 Å². The van der Waals surface area contributed by atoms with Crippen LogP contribution in [0.4, 0.5) is 16.2 Å². The first kappa shape index (κ1) is 23.3. The van der Waals surface area contributed by atoms with Crippen molar-refractivity contribution in [3.63, 3.8) is 0 Å². The summed E-state index contributed by atoms with van der Waals surface area (Å²) in [6, 6.07) is 7.82. The van der Waals surface area contributed by atoms with E-state index in [4.69, 9.17) is 4.98 Å². The number of nitrogens with zero attached hydrogens (tertiary/aromatic N) is 7. The number of hydrogen-bond donors (Lipinski definition) is 1. The highest BCUT2D eigenvalue weighted by Gasteiger charge is 2.18. The molecule has 0 amide bonds. The minimum atomic E-state index is -0.471. The van der Waals surface area contributed by atoms with Crippen LogP contribution in [0.3, 0.4) is 0 Å². The van der Waals surface area contributed by atoms with Gasteiger partial charge in [-0.25, -0.2) is 24.3 Å². The standard InChI is InChI=1S/C26H31FN8/c1-17(2)24-22-13-18(7-10-35(22)16-29-24)25-20(27)14-28-26(32-25)31-23-6-5-19-15-34(12-11-33(3)4)9-8-21(19)30-23/h5-7,10,13-14,16-17H,8-9,11-12,15H2,1-4H3,(H,28,30,31,32). The molecule has 0 saturated carbocycles. The van der Waals surface area contributed by atoms with Crippen molar-refractivity contribution >= 4 is 17.3 Å². The van der Waals surface area contributed by atoms with Gasteiger partial charge in [-0.15, -0.1) is 0 Å².